The van der Waals surface area contributed by atoms with Crippen molar-refractivity contribution in [2.45, 2.75) is 6.92 Å². The van der Waals surface area contributed by atoms with Gasteiger partial charge in [-0.15, -0.1) is 0 Å². The molecule has 0 aliphatic carbocycles. The maximum absolute atomic E-state index is 13.0. The van der Waals surface area contributed by atoms with Crippen LogP contribution in [0.3, 0.4) is 0 Å². The molecule has 0 aliphatic heterocycles. The van der Waals surface area contributed by atoms with Crippen molar-refractivity contribution in [1.29, 1.82) is 0 Å². The van der Waals surface area contributed by atoms with Gasteiger partial charge >= 0.3 is 5.97 Å². The van der Waals surface area contributed by atoms with Gasteiger partial charge in [-0.25, -0.2) is 9.18 Å². The first-order valence-corrected chi connectivity index (χ1v) is 7.52. The Bertz CT molecular complexity index is 734. The predicted molar refractivity (Wildman–Crippen MR) is 87.9 cm³/mol. The Hall–Kier alpha value is -2.60. The van der Waals surface area contributed by atoms with E-state index in [1.807, 2.05) is 0 Å². The van der Waals surface area contributed by atoms with Crippen LogP contribution in [0.15, 0.2) is 42.5 Å². The van der Waals surface area contributed by atoms with E-state index in [4.69, 9.17) is 21.1 Å². The summed E-state index contributed by atoms with van der Waals surface area (Å²) in [5.74, 6) is -1.10. The van der Waals surface area contributed by atoms with Crippen LogP contribution in [0.4, 0.5) is 10.1 Å². The van der Waals surface area contributed by atoms with Gasteiger partial charge in [0.2, 0.25) is 0 Å². The van der Waals surface area contributed by atoms with E-state index >= 15 is 0 Å². The van der Waals surface area contributed by atoms with Crippen LogP contribution in [0.5, 0.6) is 5.75 Å². The van der Waals surface area contributed by atoms with Crippen LogP contribution >= 0.6 is 11.6 Å². The van der Waals surface area contributed by atoms with Crippen molar-refractivity contribution in [1.82, 2.24) is 0 Å². The molecule has 2 aromatic rings. The summed E-state index contributed by atoms with van der Waals surface area (Å²) < 4.78 is 23.1. The smallest absolute Gasteiger partial charge is 0.338 e. The summed E-state index contributed by atoms with van der Waals surface area (Å²) in [6, 6.07) is 10.1. The van der Waals surface area contributed by atoms with Crippen molar-refractivity contribution in [3.63, 3.8) is 0 Å². The number of nitrogens with one attached hydrogen (secondary N) is 1. The van der Waals surface area contributed by atoms with Gasteiger partial charge in [-0.3, -0.25) is 4.79 Å². The first-order chi connectivity index (χ1) is 11.5. The molecule has 5 nitrogen and oxygen atoms in total. The van der Waals surface area contributed by atoms with Gasteiger partial charge < -0.3 is 14.8 Å². The number of carbonyl (C=O) groups excluding carboxylic acids is 2. The van der Waals surface area contributed by atoms with E-state index in [0.29, 0.717) is 17.9 Å². The molecule has 24 heavy (non-hydrogen) atoms. The molecule has 0 saturated carbocycles. The van der Waals surface area contributed by atoms with Gasteiger partial charge in [-0.2, -0.15) is 0 Å². The van der Waals surface area contributed by atoms with Crippen molar-refractivity contribution in [3.8, 4) is 5.75 Å². The zero-order chi connectivity index (χ0) is 17.5. The third-order valence-electron chi connectivity index (χ3n) is 2.94. The lowest BCUT2D eigenvalue weighted by atomic mass is 10.2. The Labute approximate surface area is 143 Å². The molecule has 0 aromatic heterocycles. The first-order valence-electron chi connectivity index (χ1n) is 7.14. The Morgan fingerprint density at radius 1 is 1.17 bits per heavy atom. The number of hydrogen-bond donors (Lipinski definition) is 1. The van der Waals surface area contributed by atoms with E-state index in [9.17, 15) is 14.0 Å². The second-order valence-electron chi connectivity index (χ2n) is 4.71. The second-order valence-corrected chi connectivity index (χ2v) is 5.12. The number of hydrogen-bond acceptors (Lipinski definition) is 4. The fourth-order valence-corrected chi connectivity index (χ4v) is 1.99. The molecule has 0 radical (unpaired) electrons. The Balaban J connectivity index is 1.87. The van der Waals surface area contributed by atoms with Gasteiger partial charge in [0, 0.05) is 11.8 Å². The largest absolute Gasteiger partial charge is 0.484 e. The molecule has 0 unspecified atom stereocenters. The number of rotatable bonds is 6. The van der Waals surface area contributed by atoms with Crippen LogP contribution in [-0.2, 0) is 9.53 Å². The van der Waals surface area contributed by atoms with Gasteiger partial charge in [0.25, 0.3) is 5.91 Å². The molecule has 1 N–H and O–H groups in total. The van der Waals surface area contributed by atoms with Gasteiger partial charge in [0.15, 0.2) is 6.61 Å². The van der Waals surface area contributed by atoms with E-state index in [0.717, 1.165) is 6.07 Å². The predicted octanol–water partition coefficient (Wildman–Crippen LogP) is 3.67. The van der Waals surface area contributed by atoms with Crippen LogP contribution in [-0.4, -0.2) is 25.1 Å². The maximum atomic E-state index is 13.0. The Kier molecular flexibility index (Phi) is 6.14. The van der Waals surface area contributed by atoms with Gasteiger partial charge in [-0.05, 0) is 43.3 Å². The SMILES string of the molecule is CCOC(=O)c1ccc(NC(=O)COc2ccc(F)c(Cl)c2)cc1. The highest BCUT2D eigenvalue weighted by Crippen LogP contribution is 2.21. The summed E-state index contributed by atoms with van der Waals surface area (Å²) in [7, 11) is 0. The highest BCUT2D eigenvalue weighted by molar-refractivity contribution is 6.30. The van der Waals surface area contributed by atoms with Crippen LogP contribution < -0.4 is 10.1 Å². The molecule has 1 amide bonds. The normalized spacial score (nSPS) is 10.1. The molecule has 0 saturated heterocycles. The third-order valence-corrected chi connectivity index (χ3v) is 3.23. The molecule has 7 heteroatoms. The summed E-state index contributed by atoms with van der Waals surface area (Å²) in [6.45, 7) is 1.75. The molecule has 126 valence electrons. The molecule has 0 spiro atoms. The fourth-order valence-electron chi connectivity index (χ4n) is 1.82. The number of anilines is 1. The summed E-state index contributed by atoms with van der Waals surface area (Å²) in [6.07, 6.45) is 0. The van der Waals surface area contributed by atoms with E-state index < -0.39 is 17.7 Å². The molecule has 2 rings (SSSR count). The van der Waals surface area contributed by atoms with Crippen LogP contribution in [0.2, 0.25) is 5.02 Å². The monoisotopic (exact) mass is 351 g/mol. The van der Waals surface area contributed by atoms with E-state index in [-0.39, 0.29) is 17.4 Å². The number of halogens is 2. The highest BCUT2D eigenvalue weighted by Gasteiger charge is 2.08. The molecule has 0 heterocycles. The highest BCUT2D eigenvalue weighted by atomic mass is 35.5. The average molecular weight is 352 g/mol. The maximum Gasteiger partial charge on any atom is 0.338 e. The van der Waals surface area contributed by atoms with Crippen LogP contribution in [0, 0.1) is 5.82 Å². The molecule has 0 aliphatic rings. The second kappa shape index (κ2) is 8.31. The summed E-state index contributed by atoms with van der Waals surface area (Å²) >= 11 is 5.63. The molecule has 0 bridgehead atoms. The number of benzene rings is 2. The summed E-state index contributed by atoms with van der Waals surface area (Å²) in [4.78, 5) is 23.3. The molecule has 0 fully saturated rings. The Morgan fingerprint density at radius 2 is 1.88 bits per heavy atom. The lowest BCUT2D eigenvalue weighted by Gasteiger charge is -2.08. The van der Waals surface area contributed by atoms with E-state index in [1.54, 1.807) is 31.2 Å². The van der Waals surface area contributed by atoms with E-state index in [1.165, 1.54) is 12.1 Å². The van der Waals surface area contributed by atoms with Gasteiger partial charge in [-0.1, -0.05) is 11.6 Å². The minimum Gasteiger partial charge on any atom is -0.484 e. The fraction of sp³-hybridized carbons (Fsp3) is 0.176. The van der Waals surface area contributed by atoms with Crippen molar-refractivity contribution in [2.24, 2.45) is 0 Å². The zero-order valence-electron chi connectivity index (χ0n) is 12.8. The van der Waals surface area contributed by atoms with E-state index in [2.05, 4.69) is 5.32 Å². The zero-order valence-corrected chi connectivity index (χ0v) is 13.6. The lowest BCUT2D eigenvalue weighted by molar-refractivity contribution is -0.118. The quantitative estimate of drug-likeness (QED) is 0.806. The first kappa shape index (κ1) is 17.7. The summed E-state index contributed by atoms with van der Waals surface area (Å²) in [5.41, 5.74) is 0.904. The van der Waals surface area contributed by atoms with Crippen molar-refractivity contribution in [2.75, 3.05) is 18.5 Å². The molecular formula is C17H15ClFNO4. The van der Waals surface area contributed by atoms with Crippen molar-refractivity contribution < 1.29 is 23.5 Å². The van der Waals surface area contributed by atoms with Gasteiger partial charge in [0.1, 0.15) is 11.6 Å². The number of esters is 1. The summed E-state index contributed by atoms with van der Waals surface area (Å²) in [5, 5.41) is 2.53. The number of ether oxygens (including phenoxy) is 2. The third kappa shape index (κ3) is 4.96. The molecule has 0 atom stereocenters. The Morgan fingerprint density at radius 3 is 2.50 bits per heavy atom. The van der Waals surface area contributed by atoms with Crippen LogP contribution in [0.1, 0.15) is 17.3 Å². The lowest BCUT2D eigenvalue weighted by Crippen LogP contribution is -2.20. The van der Waals surface area contributed by atoms with Crippen molar-refractivity contribution in [3.05, 3.63) is 58.9 Å². The number of carbonyl (C=O) groups is 2. The average Bonchev–Trinajstić information content (AvgIpc) is 2.57. The minimum absolute atomic E-state index is 0.0811. The van der Waals surface area contributed by atoms with Gasteiger partial charge in [0.05, 0.1) is 17.2 Å². The topological polar surface area (TPSA) is 64.6 Å². The van der Waals surface area contributed by atoms with Crippen LogP contribution in [0.25, 0.3) is 0 Å². The molecular weight excluding hydrogens is 337 g/mol. The minimum atomic E-state index is -0.560. The van der Waals surface area contributed by atoms with Crippen molar-refractivity contribution >= 4 is 29.2 Å². The standard InChI is InChI=1S/C17H15ClFNO4/c1-2-23-17(22)11-3-5-12(6-4-11)20-16(21)10-24-13-7-8-15(19)14(18)9-13/h3-9H,2,10H2,1H3,(H,20,21). The number of amides is 1. The molecule has 2 aromatic carbocycles.